The van der Waals surface area contributed by atoms with Crippen molar-refractivity contribution in [2.75, 3.05) is 0 Å². The number of hydrogen-bond acceptors (Lipinski definition) is 4. The van der Waals surface area contributed by atoms with Crippen LogP contribution in [0.4, 0.5) is 13.2 Å². The number of nitrogens with zero attached hydrogens (tertiary/aromatic N) is 1. The van der Waals surface area contributed by atoms with Crippen LogP contribution in [-0.4, -0.2) is 22.7 Å². The molecule has 1 aliphatic rings. The van der Waals surface area contributed by atoms with Crippen LogP contribution in [0, 0.1) is 0 Å². The molecular weight excluding hydrogens is 229 g/mol. The van der Waals surface area contributed by atoms with E-state index >= 15 is 0 Å². The molecule has 2 heterocycles. The first-order chi connectivity index (χ1) is 6.92. The van der Waals surface area contributed by atoms with Crippen molar-refractivity contribution in [1.29, 1.82) is 0 Å². The Kier molecular flexibility index (Phi) is 2.23. The van der Waals surface area contributed by atoms with Crippen molar-refractivity contribution in [1.82, 2.24) is 5.43 Å². The molecule has 0 radical (unpaired) electrons. The second kappa shape index (κ2) is 3.21. The van der Waals surface area contributed by atoms with Crippen LogP contribution >= 0.6 is 11.3 Å². The first-order valence-corrected chi connectivity index (χ1v) is 4.97. The number of hydrazone groups is 1. The van der Waals surface area contributed by atoms with Gasteiger partial charge in [0.1, 0.15) is 0 Å². The Morgan fingerprint density at radius 1 is 1.53 bits per heavy atom. The Morgan fingerprint density at radius 3 is 2.73 bits per heavy atom. The van der Waals surface area contributed by atoms with E-state index in [0.29, 0.717) is 4.88 Å². The minimum absolute atomic E-state index is 0.227. The van der Waals surface area contributed by atoms with Crippen LogP contribution < -0.4 is 5.43 Å². The van der Waals surface area contributed by atoms with E-state index in [1.807, 2.05) is 0 Å². The molecule has 1 aliphatic heterocycles. The van der Waals surface area contributed by atoms with Crippen LogP contribution in [0.15, 0.2) is 22.6 Å². The zero-order valence-corrected chi connectivity index (χ0v) is 8.19. The van der Waals surface area contributed by atoms with Gasteiger partial charge in [0.25, 0.3) is 5.72 Å². The number of rotatable bonds is 1. The molecule has 82 valence electrons. The average Bonchev–Trinajstić information content (AvgIpc) is 2.70. The lowest BCUT2D eigenvalue weighted by Crippen LogP contribution is -2.52. The quantitative estimate of drug-likeness (QED) is 0.779. The second-order valence-electron chi connectivity index (χ2n) is 3.18. The molecule has 0 bridgehead atoms. The van der Waals surface area contributed by atoms with Crippen molar-refractivity contribution in [3.63, 3.8) is 0 Å². The molecule has 1 aromatic rings. The SMILES string of the molecule is OC1(C(F)(F)F)CC(c2cccs2)=NN1. The third kappa shape index (κ3) is 1.72. The van der Waals surface area contributed by atoms with Gasteiger partial charge in [-0.15, -0.1) is 11.3 Å². The maximum atomic E-state index is 12.4. The van der Waals surface area contributed by atoms with Crippen molar-refractivity contribution in [3.8, 4) is 0 Å². The Labute approximate surface area is 87.2 Å². The number of nitrogens with one attached hydrogen (secondary N) is 1. The first kappa shape index (κ1) is 10.4. The Hall–Kier alpha value is -1.08. The van der Waals surface area contributed by atoms with E-state index in [1.165, 1.54) is 11.3 Å². The molecule has 15 heavy (non-hydrogen) atoms. The van der Waals surface area contributed by atoms with Crippen LogP contribution in [0.25, 0.3) is 0 Å². The van der Waals surface area contributed by atoms with Crippen molar-refractivity contribution >= 4 is 17.0 Å². The van der Waals surface area contributed by atoms with Crippen LogP contribution in [0.1, 0.15) is 11.3 Å². The Bertz CT molecular complexity index is 387. The number of alkyl halides is 3. The van der Waals surface area contributed by atoms with Gasteiger partial charge in [0.2, 0.25) is 0 Å². The van der Waals surface area contributed by atoms with Gasteiger partial charge in [0.05, 0.1) is 17.0 Å². The van der Waals surface area contributed by atoms with Crippen molar-refractivity contribution in [3.05, 3.63) is 22.4 Å². The minimum Gasteiger partial charge on any atom is -0.362 e. The maximum absolute atomic E-state index is 12.4. The van der Waals surface area contributed by atoms with Crippen molar-refractivity contribution < 1.29 is 18.3 Å². The highest BCUT2D eigenvalue weighted by Crippen LogP contribution is 2.35. The van der Waals surface area contributed by atoms with Crippen LogP contribution in [0.3, 0.4) is 0 Å². The fourth-order valence-electron chi connectivity index (χ4n) is 1.23. The molecule has 0 aromatic carbocycles. The molecule has 0 amide bonds. The van der Waals surface area contributed by atoms with E-state index in [4.69, 9.17) is 0 Å². The lowest BCUT2D eigenvalue weighted by molar-refractivity contribution is -0.266. The summed E-state index contributed by atoms with van der Waals surface area (Å²) in [4.78, 5) is 0.627. The third-order valence-corrected chi connectivity index (χ3v) is 2.99. The van der Waals surface area contributed by atoms with Gasteiger partial charge in [0, 0.05) is 0 Å². The van der Waals surface area contributed by atoms with Gasteiger partial charge in [-0.3, -0.25) is 5.43 Å². The minimum atomic E-state index is -4.73. The largest absolute Gasteiger partial charge is 0.438 e. The third-order valence-electron chi connectivity index (χ3n) is 2.07. The normalized spacial score (nSPS) is 26.3. The summed E-state index contributed by atoms with van der Waals surface area (Å²) >= 11 is 1.28. The molecular formula is C8H7F3N2OS. The summed E-state index contributed by atoms with van der Waals surface area (Å²) in [5.74, 6) is 0. The average molecular weight is 236 g/mol. The van der Waals surface area contributed by atoms with E-state index in [2.05, 4.69) is 5.10 Å². The molecule has 0 saturated heterocycles. The van der Waals surface area contributed by atoms with Crippen LogP contribution in [0.5, 0.6) is 0 Å². The zero-order chi connectivity index (χ0) is 11.1. The molecule has 2 rings (SSSR count). The number of hydrogen-bond donors (Lipinski definition) is 2. The molecule has 0 fully saturated rings. The monoisotopic (exact) mass is 236 g/mol. The number of halogens is 3. The maximum Gasteiger partial charge on any atom is 0.438 e. The number of thiophene rings is 1. The fourth-order valence-corrected chi connectivity index (χ4v) is 1.94. The zero-order valence-electron chi connectivity index (χ0n) is 7.38. The summed E-state index contributed by atoms with van der Waals surface area (Å²) < 4.78 is 37.1. The highest BCUT2D eigenvalue weighted by atomic mass is 32.1. The molecule has 0 aliphatic carbocycles. The van der Waals surface area contributed by atoms with Gasteiger partial charge >= 0.3 is 6.18 Å². The fraction of sp³-hybridized carbons (Fsp3) is 0.375. The standard InChI is InChI=1S/C8H7F3N2OS/c9-8(10,11)7(14)4-5(12-13-7)6-2-1-3-15-6/h1-3,13-14H,4H2. The molecule has 1 unspecified atom stereocenters. The van der Waals surface area contributed by atoms with E-state index in [-0.39, 0.29) is 5.71 Å². The van der Waals surface area contributed by atoms with Gasteiger partial charge in [-0.25, -0.2) is 0 Å². The summed E-state index contributed by atoms with van der Waals surface area (Å²) in [6, 6.07) is 3.38. The highest BCUT2D eigenvalue weighted by molar-refractivity contribution is 7.12. The van der Waals surface area contributed by atoms with Crippen molar-refractivity contribution in [2.45, 2.75) is 18.3 Å². The van der Waals surface area contributed by atoms with Gasteiger partial charge in [-0.1, -0.05) is 6.07 Å². The molecule has 1 atom stereocenters. The van der Waals surface area contributed by atoms with Crippen molar-refractivity contribution in [2.24, 2.45) is 5.10 Å². The summed E-state index contributed by atoms with van der Waals surface area (Å²) in [7, 11) is 0. The predicted octanol–water partition coefficient (Wildman–Crippen LogP) is 1.70. The molecule has 3 nitrogen and oxygen atoms in total. The highest BCUT2D eigenvalue weighted by Gasteiger charge is 2.57. The van der Waals surface area contributed by atoms with E-state index in [9.17, 15) is 18.3 Å². The smallest absolute Gasteiger partial charge is 0.362 e. The molecule has 0 spiro atoms. The lowest BCUT2D eigenvalue weighted by Gasteiger charge is -2.24. The molecule has 7 heteroatoms. The number of aliphatic hydroxyl groups is 1. The lowest BCUT2D eigenvalue weighted by atomic mass is 10.1. The second-order valence-corrected chi connectivity index (χ2v) is 4.13. The topological polar surface area (TPSA) is 44.6 Å². The van der Waals surface area contributed by atoms with Gasteiger partial charge in [-0.05, 0) is 11.4 Å². The van der Waals surface area contributed by atoms with Gasteiger partial charge in [-0.2, -0.15) is 18.3 Å². The summed E-state index contributed by atoms with van der Waals surface area (Å²) in [6.07, 6.45) is -5.29. The predicted molar refractivity (Wildman–Crippen MR) is 49.6 cm³/mol. The van der Waals surface area contributed by atoms with Gasteiger partial charge in [0.15, 0.2) is 0 Å². The van der Waals surface area contributed by atoms with Crippen LogP contribution in [0.2, 0.25) is 0 Å². The van der Waals surface area contributed by atoms with E-state index < -0.39 is 18.3 Å². The molecule has 2 N–H and O–H groups in total. The van der Waals surface area contributed by atoms with E-state index in [1.54, 1.807) is 22.9 Å². The summed E-state index contributed by atoms with van der Waals surface area (Å²) in [5, 5.41) is 14.5. The molecule has 0 saturated carbocycles. The summed E-state index contributed by atoms with van der Waals surface area (Å²) in [5.41, 5.74) is -0.961. The molecule has 1 aromatic heterocycles. The first-order valence-electron chi connectivity index (χ1n) is 4.09. The summed E-state index contributed by atoms with van der Waals surface area (Å²) in [6.45, 7) is 0. The van der Waals surface area contributed by atoms with Crippen LogP contribution in [-0.2, 0) is 0 Å². The Balaban J connectivity index is 2.18. The Morgan fingerprint density at radius 2 is 2.27 bits per heavy atom. The van der Waals surface area contributed by atoms with Gasteiger partial charge < -0.3 is 5.11 Å². The van der Waals surface area contributed by atoms with E-state index in [0.717, 1.165) is 0 Å².